The quantitative estimate of drug-likeness (QED) is 0.822. The zero-order valence-electron chi connectivity index (χ0n) is 10.8. The summed E-state index contributed by atoms with van der Waals surface area (Å²) in [6.07, 6.45) is 0.600. The van der Waals surface area contributed by atoms with Crippen molar-refractivity contribution >= 4 is 27.2 Å². The smallest absolute Gasteiger partial charge is 0.167 e. The molecule has 6 heteroatoms. The number of hydrogen-bond donors (Lipinski definition) is 2. The fraction of sp³-hybridized carbons (Fsp3) is 0.462. The van der Waals surface area contributed by atoms with Crippen LogP contribution in [0.4, 0.5) is 0 Å². The molecule has 2 N–H and O–H groups in total. The summed E-state index contributed by atoms with van der Waals surface area (Å²) < 4.78 is 23.0. The van der Waals surface area contributed by atoms with Gasteiger partial charge in [-0.3, -0.25) is 0 Å². The zero-order valence-corrected chi connectivity index (χ0v) is 12.5. The molecule has 1 aliphatic heterocycles. The molecule has 4 nitrogen and oxygen atoms in total. The lowest BCUT2D eigenvalue weighted by molar-refractivity contribution is 0.468. The number of rotatable bonds is 3. The fourth-order valence-electron chi connectivity index (χ4n) is 2.21. The third-order valence-electron chi connectivity index (χ3n) is 3.21. The maximum absolute atomic E-state index is 11.5. The molecule has 1 aromatic carbocycles. The van der Waals surface area contributed by atoms with Crippen LogP contribution in [0.15, 0.2) is 30.3 Å². The highest BCUT2D eigenvalue weighted by Gasteiger charge is 2.38. The van der Waals surface area contributed by atoms with Crippen molar-refractivity contribution in [3.05, 3.63) is 35.9 Å². The van der Waals surface area contributed by atoms with Gasteiger partial charge >= 0.3 is 0 Å². The van der Waals surface area contributed by atoms with Gasteiger partial charge in [-0.05, 0) is 31.1 Å². The van der Waals surface area contributed by atoms with Crippen LogP contribution in [0.25, 0.3) is 0 Å². The van der Waals surface area contributed by atoms with Crippen LogP contribution in [0.2, 0.25) is 0 Å². The van der Waals surface area contributed by atoms with E-state index in [2.05, 4.69) is 10.6 Å². The van der Waals surface area contributed by atoms with Crippen LogP contribution in [0, 0.1) is 0 Å². The van der Waals surface area contributed by atoms with Gasteiger partial charge in [-0.15, -0.1) is 0 Å². The van der Waals surface area contributed by atoms with Crippen LogP contribution in [0.3, 0.4) is 0 Å². The van der Waals surface area contributed by atoms with E-state index in [0.29, 0.717) is 18.1 Å². The molecule has 0 aromatic heterocycles. The Morgan fingerprint density at radius 3 is 2.63 bits per heavy atom. The molecule has 1 aliphatic rings. The first-order chi connectivity index (χ1) is 8.89. The minimum atomic E-state index is -2.92. The van der Waals surface area contributed by atoms with E-state index in [1.54, 1.807) is 0 Å². The van der Waals surface area contributed by atoms with Gasteiger partial charge in [0.2, 0.25) is 0 Å². The average molecular weight is 298 g/mol. The second kappa shape index (κ2) is 5.46. The third kappa shape index (κ3) is 4.18. The molecule has 1 atom stereocenters. The summed E-state index contributed by atoms with van der Waals surface area (Å²) >= 11 is 5.22. The summed E-state index contributed by atoms with van der Waals surface area (Å²) in [5.74, 6) is 0.380. The normalized spacial score (nSPS) is 24.9. The highest BCUT2D eigenvalue weighted by atomic mass is 32.2. The molecule has 0 saturated carbocycles. The Kier molecular flexibility index (Phi) is 4.10. The second-order valence-corrected chi connectivity index (χ2v) is 7.79. The van der Waals surface area contributed by atoms with Crippen molar-refractivity contribution in [3.8, 4) is 0 Å². The van der Waals surface area contributed by atoms with Gasteiger partial charge in [0.05, 0.1) is 17.0 Å². The SMILES string of the molecule is C[C@@]1(NC(=S)NCc2ccccc2)CCS(=O)(=O)C1. The molecular weight excluding hydrogens is 280 g/mol. The molecule has 1 heterocycles. The standard InChI is InChI=1S/C13H18N2O2S2/c1-13(7-8-19(16,17)10-13)15-12(18)14-9-11-5-3-2-4-6-11/h2-6H,7-10H2,1H3,(H2,14,15,18)/t13-/m1/s1. The van der Waals surface area contributed by atoms with E-state index in [1.165, 1.54) is 0 Å². The van der Waals surface area contributed by atoms with Gasteiger partial charge < -0.3 is 10.6 Å². The molecule has 0 radical (unpaired) electrons. The van der Waals surface area contributed by atoms with E-state index >= 15 is 0 Å². The first-order valence-corrected chi connectivity index (χ1v) is 8.42. The molecule has 0 amide bonds. The van der Waals surface area contributed by atoms with E-state index in [-0.39, 0.29) is 11.5 Å². The first-order valence-electron chi connectivity index (χ1n) is 6.19. The summed E-state index contributed by atoms with van der Waals surface area (Å²) in [5.41, 5.74) is 0.690. The van der Waals surface area contributed by atoms with E-state index < -0.39 is 15.4 Å². The highest BCUT2D eigenvalue weighted by Crippen LogP contribution is 2.22. The number of hydrogen-bond acceptors (Lipinski definition) is 3. The van der Waals surface area contributed by atoms with Gasteiger partial charge in [-0.1, -0.05) is 30.3 Å². The van der Waals surface area contributed by atoms with Gasteiger partial charge in [0.15, 0.2) is 14.9 Å². The highest BCUT2D eigenvalue weighted by molar-refractivity contribution is 7.91. The monoisotopic (exact) mass is 298 g/mol. The van der Waals surface area contributed by atoms with Gasteiger partial charge in [-0.25, -0.2) is 8.42 Å². The van der Waals surface area contributed by atoms with Crippen LogP contribution >= 0.6 is 12.2 Å². The Balaban J connectivity index is 1.85. The molecule has 1 fully saturated rings. The minimum Gasteiger partial charge on any atom is -0.359 e. The van der Waals surface area contributed by atoms with Crippen molar-refractivity contribution in [2.45, 2.75) is 25.4 Å². The molecule has 0 spiro atoms. The van der Waals surface area contributed by atoms with Crippen molar-refractivity contribution in [1.29, 1.82) is 0 Å². The van der Waals surface area contributed by atoms with Crippen LogP contribution in [-0.4, -0.2) is 30.6 Å². The van der Waals surface area contributed by atoms with E-state index in [4.69, 9.17) is 12.2 Å². The molecule has 19 heavy (non-hydrogen) atoms. The largest absolute Gasteiger partial charge is 0.359 e. The van der Waals surface area contributed by atoms with Gasteiger partial charge in [0, 0.05) is 6.54 Å². The van der Waals surface area contributed by atoms with Crippen LogP contribution in [0.5, 0.6) is 0 Å². The Labute approximate surface area is 119 Å². The molecule has 0 unspecified atom stereocenters. The van der Waals surface area contributed by atoms with Gasteiger partial charge in [-0.2, -0.15) is 0 Å². The minimum absolute atomic E-state index is 0.146. The van der Waals surface area contributed by atoms with Crippen LogP contribution in [0.1, 0.15) is 18.9 Å². The lowest BCUT2D eigenvalue weighted by Gasteiger charge is -2.26. The van der Waals surface area contributed by atoms with E-state index in [0.717, 1.165) is 5.56 Å². The predicted octanol–water partition coefficient (Wildman–Crippen LogP) is 1.23. The molecule has 1 aromatic rings. The Bertz CT molecular complexity index is 557. The zero-order chi connectivity index (χ0) is 13.9. The third-order valence-corrected chi connectivity index (χ3v) is 5.36. The van der Waals surface area contributed by atoms with Crippen LogP contribution in [-0.2, 0) is 16.4 Å². The summed E-state index contributed by atoms with van der Waals surface area (Å²) in [7, 11) is -2.92. The summed E-state index contributed by atoms with van der Waals surface area (Å²) in [5, 5.41) is 6.73. The first kappa shape index (κ1) is 14.3. The summed E-state index contributed by atoms with van der Waals surface area (Å²) in [6.45, 7) is 2.53. The maximum atomic E-state index is 11.5. The molecular formula is C13H18N2O2S2. The average Bonchev–Trinajstić information content (AvgIpc) is 2.62. The van der Waals surface area contributed by atoms with Crippen molar-refractivity contribution in [2.75, 3.05) is 11.5 Å². The fourth-order valence-corrected chi connectivity index (χ4v) is 4.62. The molecule has 0 bridgehead atoms. The Morgan fingerprint density at radius 1 is 1.37 bits per heavy atom. The van der Waals surface area contributed by atoms with Crippen molar-refractivity contribution in [3.63, 3.8) is 0 Å². The number of thiocarbonyl (C=S) groups is 1. The molecule has 0 aliphatic carbocycles. The molecule has 104 valence electrons. The molecule has 1 saturated heterocycles. The Morgan fingerprint density at radius 2 is 2.05 bits per heavy atom. The van der Waals surface area contributed by atoms with Gasteiger partial charge in [0.1, 0.15) is 0 Å². The van der Waals surface area contributed by atoms with E-state index in [9.17, 15) is 8.42 Å². The van der Waals surface area contributed by atoms with Crippen molar-refractivity contribution in [1.82, 2.24) is 10.6 Å². The maximum Gasteiger partial charge on any atom is 0.167 e. The van der Waals surface area contributed by atoms with Gasteiger partial charge in [0.25, 0.3) is 0 Å². The number of nitrogens with one attached hydrogen (secondary N) is 2. The lowest BCUT2D eigenvalue weighted by atomic mass is 10.0. The van der Waals surface area contributed by atoms with Crippen molar-refractivity contribution < 1.29 is 8.42 Å². The Hall–Kier alpha value is -1.14. The van der Waals surface area contributed by atoms with Crippen molar-refractivity contribution in [2.24, 2.45) is 0 Å². The molecule has 2 rings (SSSR count). The summed E-state index contributed by atoms with van der Waals surface area (Å²) in [4.78, 5) is 0. The van der Waals surface area contributed by atoms with Crippen LogP contribution < -0.4 is 10.6 Å². The van der Waals surface area contributed by atoms with E-state index in [1.807, 2.05) is 37.3 Å². The number of sulfone groups is 1. The lowest BCUT2D eigenvalue weighted by Crippen LogP contribution is -2.50. The predicted molar refractivity (Wildman–Crippen MR) is 80.7 cm³/mol. The number of benzene rings is 1. The summed E-state index contributed by atoms with van der Waals surface area (Å²) in [6, 6.07) is 9.93. The topological polar surface area (TPSA) is 58.2 Å². The second-order valence-electron chi connectivity index (χ2n) is 5.20.